The van der Waals surface area contributed by atoms with E-state index in [0.717, 1.165) is 16.5 Å². The Labute approximate surface area is 217 Å². The second-order valence-electron chi connectivity index (χ2n) is 9.17. The van der Waals surface area contributed by atoms with Gasteiger partial charge in [0.2, 0.25) is 5.76 Å². The molecule has 2 heterocycles. The molecular formula is C29H26BrNO5. The highest BCUT2D eigenvalue weighted by molar-refractivity contribution is 9.10. The van der Waals surface area contributed by atoms with Crippen molar-refractivity contribution >= 4 is 38.5 Å². The lowest BCUT2D eigenvalue weighted by Crippen LogP contribution is -2.29. The van der Waals surface area contributed by atoms with Gasteiger partial charge in [0.15, 0.2) is 16.9 Å². The summed E-state index contributed by atoms with van der Waals surface area (Å²) in [5.41, 5.74) is 1.86. The predicted molar refractivity (Wildman–Crippen MR) is 143 cm³/mol. The molecule has 1 amide bonds. The van der Waals surface area contributed by atoms with Crippen molar-refractivity contribution in [1.82, 2.24) is 0 Å². The topological polar surface area (TPSA) is 69.0 Å². The van der Waals surface area contributed by atoms with Gasteiger partial charge in [-0.25, -0.2) is 0 Å². The molecule has 0 N–H and O–H groups in total. The maximum Gasteiger partial charge on any atom is 0.295 e. The molecule has 5 rings (SSSR count). The normalized spacial score (nSPS) is 15.0. The van der Waals surface area contributed by atoms with Gasteiger partial charge in [-0.3, -0.25) is 14.5 Å². The molecule has 36 heavy (non-hydrogen) atoms. The van der Waals surface area contributed by atoms with Crippen molar-refractivity contribution in [1.29, 1.82) is 0 Å². The number of benzene rings is 3. The minimum atomic E-state index is -0.687. The molecule has 0 aliphatic carbocycles. The van der Waals surface area contributed by atoms with Crippen LogP contribution in [0.1, 0.15) is 48.0 Å². The van der Waals surface area contributed by atoms with Gasteiger partial charge < -0.3 is 13.9 Å². The number of para-hydroxylation sites is 1. The third-order valence-corrected chi connectivity index (χ3v) is 6.87. The van der Waals surface area contributed by atoms with Gasteiger partial charge in [-0.2, -0.15) is 0 Å². The standard InChI is InChI=1S/C29H26BrNO5/c1-17(2)14-15-35-23-13-8-18(16-24(23)34-3)26-25-27(32)21-6-4-5-7-22(21)36-28(25)29(33)31(26)20-11-9-19(30)10-12-20/h4-13,16-17,26H,14-15H2,1-3H3. The van der Waals surface area contributed by atoms with E-state index in [4.69, 9.17) is 13.9 Å². The maximum atomic E-state index is 13.7. The van der Waals surface area contributed by atoms with Gasteiger partial charge in [-0.15, -0.1) is 0 Å². The second-order valence-corrected chi connectivity index (χ2v) is 10.1. The van der Waals surface area contributed by atoms with Crippen molar-refractivity contribution in [2.75, 3.05) is 18.6 Å². The first-order valence-corrected chi connectivity index (χ1v) is 12.6. The van der Waals surface area contributed by atoms with Crippen LogP contribution in [0.2, 0.25) is 0 Å². The van der Waals surface area contributed by atoms with Gasteiger partial charge in [0.05, 0.1) is 30.7 Å². The fourth-order valence-electron chi connectivity index (χ4n) is 4.48. The SMILES string of the molecule is COc1cc(C2c3c(oc4ccccc4c3=O)C(=O)N2c2ccc(Br)cc2)ccc1OCCC(C)C. The largest absolute Gasteiger partial charge is 0.493 e. The third-order valence-electron chi connectivity index (χ3n) is 6.34. The quantitative estimate of drug-likeness (QED) is 0.256. The Morgan fingerprint density at radius 1 is 1.00 bits per heavy atom. The predicted octanol–water partition coefficient (Wildman–Crippen LogP) is 6.74. The molecule has 1 aromatic heterocycles. The summed E-state index contributed by atoms with van der Waals surface area (Å²) < 4.78 is 18.5. The Morgan fingerprint density at radius 3 is 2.47 bits per heavy atom. The van der Waals surface area contributed by atoms with Crippen molar-refractivity contribution < 1.29 is 18.7 Å². The van der Waals surface area contributed by atoms with E-state index in [1.807, 2.05) is 42.5 Å². The lowest BCUT2D eigenvalue weighted by Gasteiger charge is -2.26. The molecule has 0 radical (unpaired) electrons. The number of hydrogen-bond acceptors (Lipinski definition) is 5. The van der Waals surface area contributed by atoms with E-state index in [2.05, 4.69) is 29.8 Å². The Bertz CT molecular complexity index is 1490. The number of amides is 1. The molecular weight excluding hydrogens is 522 g/mol. The van der Waals surface area contributed by atoms with Crippen LogP contribution < -0.4 is 19.8 Å². The molecule has 0 spiro atoms. The summed E-state index contributed by atoms with van der Waals surface area (Å²) in [6.45, 7) is 4.85. The number of ether oxygens (including phenoxy) is 2. The average Bonchev–Trinajstić information content (AvgIpc) is 3.17. The monoisotopic (exact) mass is 547 g/mol. The van der Waals surface area contributed by atoms with Gasteiger partial charge in [0.25, 0.3) is 5.91 Å². The summed E-state index contributed by atoms with van der Waals surface area (Å²) in [7, 11) is 1.58. The number of rotatable bonds is 7. The van der Waals surface area contributed by atoms with Crippen LogP contribution in [0.25, 0.3) is 11.0 Å². The summed E-state index contributed by atoms with van der Waals surface area (Å²) in [6.07, 6.45) is 0.918. The molecule has 1 aliphatic rings. The van der Waals surface area contributed by atoms with E-state index in [1.54, 1.807) is 36.3 Å². The van der Waals surface area contributed by atoms with E-state index in [9.17, 15) is 9.59 Å². The van der Waals surface area contributed by atoms with Gasteiger partial charge in [0, 0.05) is 10.2 Å². The molecule has 1 atom stereocenters. The van der Waals surface area contributed by atoms with Gasteiger partial charge in [-0.05, 0) is 66.4 Å². The first kappa shape index (κ1) is 24.1. The first-order chi connectivity index (χ1) is 17.4. The highest BCUT2D eigenvalue weighted by atomic mass is 79.9. The number of methoxy groups -OCH3 is 1. The zero-order chi connectivity index (χ0) is 25.4. The lowest BCUT2D eigenvalue weighted by molar-refractivity contribution is 0.0971. The van der Waals surface area contributed by atoms with Gasteiger partial charge in [-0.1, -0.05) is 48.0 Å². The number of halogens is 1. The molecule has 7 heteroatoms. The molecule has 6 nitrogen and oxygen atoms in total. The fraction of sp³-hybridized carbons (Fsp3) is 0.241. The minimum Gasteiger partial charge on any atom is -0.493 e. The van der Waals surface area contributed by atoms with E-state index < -0.39 is 6.04 Å². The summed E-state index contributed by atoms with van der Waals surface area (Å²) in [5, 5.41) is 0.437. The highest BCUT2D eigenvalue weighted by Gasteiger charge is 2.43. The smallest absolute Gasteiger partial charge is 0.295 e. The summed E-state index contributed by atoms with van der Waals surface area (Å²) in [6, 6.07) is 19.2. The molecule has 4 aromatic rings. The average molecular weight is 548 g/mol. The molecule has 0 bridgehead atoms. The number of fused-ring (bicyclic) bond motifs is 2. The lowest BCUT2D eigenvalue weighted by atomic mass is 9.97. The van der Waals surface area contributed by atoms with Crippen LogP contribution >= 0.6 is 15.9 Å². The minimum absolute atomic E-state index is 0.0582. The van der Waals surface area contributed by atoms with Crippen LogP contribution in [-0.2, 0) is 0 Å². The maximum absolute atomic E-state index is 13.7. The summed E-state index contributed by atoms with van der Waals surface area (Å²) in [5.74, 6) is 1.37. The van der Waals surface area contributed by atoms with Crippen molar-refractivity contribution in [3.8, 4) is 11.5 Å². The first-order valence-electron chi connectivity index (χ1n) is 11.8. The van der Waals surface area contributed by atoms with E-state index in [0.29, 0.717) is 46.2 Å². The van der Waals surface area contributed by atoms with Crippen LogP contribution in [0.5, 0.6) is 11.5 Å². The van der Waals surface area contributed by atoms with Gasteiger partial charge >= 0.3 is 0 Å². The fourth-order valence-corrected chi connectivity index (χ4v) is 4.75. The van der Waals surface area contributed by atoms with Crippen LogP contribution in [0.3, 0.4) is 0 Å². The number of carbonyl (C=O) groups excluding carboxylic acids is 1. The van der Waals surface area contributed by atoms with Crippen LogP contribution in [0, 0.1) is 5.92 Å². The Balaban J connectivity index is 1.67. The van der Waals surface area contributed by atoms with Gasteiger partial charge in [0.1, 0.15) is 5.58 Å². The number of anilines is 1. The van der Waals surface area contributed by atoms with Crippen LogP contribution in [-0.4, -0.2) is 19.6 Å². The van der Waals surface area contributed by atoms with Crippen LogP contribution in [0.15, 0.2) is 80.4 Å². The van der Waals surface area contributed by atoms with Crippen molar-refractivity contribution in [3.63, 3.8) is 0 Å². The number of nitrogens with zero attached hydrogens (tertiary/aromatic N) is 1. The third kappa shape index (κ3) is 4.28. The zero-order valence-corrected chi connectivity index (χ0v) is 21.9. The van der Waals surface area contributed by atoms with E-state index in [1.165, 1.54) is 0 Å². The summed E-state index contributed by atoms with van der Waals surface area (Å²) in [4.78, 5) is 29.0. The number of carbonyl (C=O) groups is 1. The summed E-state index contributed by atoms with van der Waals surface area (Å²) >= 11 is 3.45. The molecule has 0 saturated carbocycles. The molecule has 3 aromatic carbocycles. The Hall–Kier alpha value is -3.58. The van der Waals surface area contributed by atoms with E-state index in [-0.39, 0.29) is 17.1 Å². The van der Waals surface area contributed by atoms with E-state index >= 15 is 0 Å². The molecule has 0 saturated heterocycles. The Morgan fingerprint density at radius 2 is 1.75 bits per heavy atom. The zero-order valence-electron chi connectivity index (χ0n) is 20.3. The van der Waals surface area contributed by atoms with Crippen molar-refractivity contribution in [2.45, 2.75) is 26.3 Å². The van der Waals surface area contributed by atoms with Crippen molar-refractivity contribution in [3.05, 3.63) is 98.3 Å². The molecule has 1 aliphatic heterocycles. The second kappa shape index (κ2) is 9.82. The van der Waals surface area contributed by atoms with Crippen LogP contribution in [0.4, 0.5) is 5.69 Å². The Kier molecular flexibility index (Phi) is 6.58. The van der Waals surface area contributed by atoms with Crippen molar-refractivity contribution in [2.24, 2.45) is 5.92 Å². The molecule has 1 unspecified atom stereocenters. The molecule has 0 fully saturated rings. The highest BCUT2D eigenvalue weighted by Crippen LogP contribution is 2.43. The number of hydrogen-bond donors (Lipinski definition) is 0. The molecule has 184 valence electrons.